The van der Waals surface area contributed by atoms with Crippen molar-refractivity contribution >= 4 is 5.91 Å². The van der Waals surface area contributed by atoms with Crippen LogP contribution in [-0.2, 0) is 4.79 Å². The zero-order chi connectivity index (χ0) is 20.2. The number of carbonyl (C=O) groups excluding carboxylic acids is 1. The maximum Gasteiger partial charge on any atom is 0.256 e. The van der Waals surface area contributed by atoms with Gasteiger partial charge in [-0.1, -0.05) is 23.4 Å². The molecule has 0 saturated carbocycles. The van der Waals surface area contributed by atoms with Gasteiger partial charge in [-0.05, 0) is 42.7 Å². The molecule has 1 saturated heterocycles. The molecule has 0 radical (unpaired) electrons. The molecule has 1 unspecified atom stereocenters. The van der Waals surface area contributed by atoms with Gasteiger partial charge in [-0.2, -0.15) is 4.98 Å². The van der Waals surface area contributed by atoms with E-state index in [2.05, 4.69) is 15.1 Å². The minimum atomic E-state index is -1.21. The van der Waals surface area contributed by atoms with Gasteiger partial charge in [0, 0.05) is 25.2 Å². The number of aliphatic hydroxyl groups is 1. The molecule has 1 aromatic carbocycles. The maximum absolute atomic E-state index is 12.7. The van der Waals surface area contributed by atoms with E-state index in [-0.39, 0.29) is 11.8 Å². The summed E-state index contributed by atoms with van der Waals surface area (Å²) in [4.78, 5) is 23.1. The number of carbonyl (C=O) groups is 1. The number of benzene rings is 1. The quantitative estimate of drug-likeness (QED) is 0.710. The average molecular weight is 394 g/mol. The summed E-state index contributed by atoms with van der Waals surface area (Å²) in [6.45, 7) is 1.04. The molecule has 1 amide bonds. The summed E-state index contributed by atoms with van der Waals surface area (Å²) in [6.07, 6.45) is 1.87. The van der Waals surface area contributed by atoms with E-state index in [0.29, 0.717) is 54.7 Å². The third-order valence-electron chi connectivity index (χ3n) is 5.14. The van der Waals surface area contributed by atoms with Crippen LogP contribution in [0.4, 0.5) is 0 Å². The van der Waals surface area contributed by atoms with Gasteiger partial charge in [0.25, 0.3) is 5.91 Å². The molecule has 1 aliphatic heterocycles. The van der Waals surface area contributed by atoms with Crippen LogP contribution in [0.25, 0.3) is 11.5 Å². The molecule has 1 N–H and O–H groups in total. The Kier molecular flexibility index (Phi) is 5.53. The Morgan fingerprint density at radius 3 is 2.79 bits per heavy atom. The summed E-state index contributed by atoms with van der Waals surface area (Å²) in [5, 5.41) is 14.5. The normalized spacial score (nSPS) is 15.9. The number of aliphatic hydroxyl groups excluding tert-OH is 1. The fraction of sp³-hybridized carbons (Fsp3) is 0.333. The number of likely N-dealkylation sites (tertiary alicyclic amines) is 1. The van der Waals surface area contributed by atoms with Gasteiger partial charge in [0.1, 0.15) is 11.4 Å². The number of hydrogen-bond acceptors (Lipinski definition) is 7. The van der Waals surface area contributed by atoms with Crippen LogP contribution in [0.2, 0.25) is 0 Å². The second-order valence-electron chi connectivity index (χ2n) is 6.95. The van der Waals surface area contributed by atoms with E-state index in [0.717, 1.165) is 0 Å². The van der Waals surface area contributed by atoms with Gasteiger partial charge in [-0.25, -0.2) is 0 Å². The molecule has 29 heavy (non-hydrogen) atoms. The Morgan fingerprint density at radius 1 is 1.24 bits per heavy atom. The molecule has 150 valence electrons. The van der Waals surface area contributed by atoms with E-state index in [1.54, 1.807) is 42.5 Å². The number of rotatable bonds is 5. The van der Waals surface area contributed by atoms with E-state index >= 15 is 0 Å². The van der Waals surface area contributed by atoms with E-state index in [1.165, 1.54) is 0 Å². The van der Waals surface area contributed by atoms with Crippen molar-refractivity contribution in [1.82, 2.24) is 20.0 Å². The molecule has 1 atom stereocenters. The monoisotopic (exact) mass is 394 g/mol. The van der Waals surface area contributed by atoms with Crippen LogP contribution in [0.1, 0.15) is 36.3 Å². The Hall–Kier alpha value is -3.26. The molecule has 0 bridgehead atoms. The van der Waals surface area contributed by atoms with Crippen molar-refractivity contribution in [2.75, 3.05) is 20.2 Å². The summed E-state index contributed by atoms with van der Waals surface area (Å²) < 4.78 is 10.6. The first-order chi connectivity index (χ1) is 14.2. The lowest BCUT2D eigenvalue weighted by Crippen LogP contribution is -2.40. The maximum atomic E-state index is 12.7. The standard InChI is InChI=1S/C21H22N4O4/c1-28-16-6-4-5-15(13-16)18(26)21(27)25-11-8-14(9-12-25)20-23-19(24-29-20)17-7-2-3-10-22-17/h2-7,10,13-14,18,26H,8-9,11-12H2,1H3. The molecule has 1 aliphatic rings. The zero-order valence-electron chi connectivity index (χ0n) is 16.1. The molecule has 1 fully saturated rings. The second kappa shape index (κ2) is 8.40. The van der Waals surface area contributed by atoms with Crippen LogP contribution in [0, 0.1) is 0 Å². The summed E-state index contributed by atoms with van der Waals surface area (Å²) >= 11 is 0. The van der Waals surface area contributed by atoms with Gasteiger partial charge in [0.05, 0.1) is 7.11 Å². The highest BCUT2D eigenvalue weighted by Crippen LogP contribution is 2.30. The molecular weight excluding hydrogens is 372 g/mol. The van der Waals surface area contributed by atoms with Crippen LogP contribution in [0.15, 0.2) is 53.2 Å². The van der Waals surface area contributed by atoms with Crippen molar-refractivity contribution in [2.45, 2.75) is 24.9 Å². The topological polar surface area (TPSA) is 102 Å². The second-order valence-corrected chi connectivity index (χ2v) is 6.95. The summed E-state index contributed by atoms with van der Waals surface area (Å²) in [5.41, 5.74) is 1.19. The van der Waals surface area contributed by atoms with Crippen molar-refractivity contribution in [1.29, 1.82) is 0 Å². The third-order valence-corrected chi connectivity index (χ3v) is 5.14. The highest BCUT2D eigenvalue weighted by molar-refractivity contribution is 5.82. The number of nitrogens with zero attached hydrogens (tertiary/aromatic N) is 4. The first-order valence-corrected chi connectivity index (χ1v) is 9.51. The lowest BCUT2D eigenvalue weighted by Gasteiger charge is -2.31. The van der Waals surface area contributed by atoms with Gasteiger partial charge in [0.15, 0.2) is 6.10 Å². The van der Waals surface area contributed by atoms with Crippen LogP contribution in [-0.4, -0.2) is 51.2 Å². The number of pyridine rings is 1. The number of methoxy groups -OCH3 is 1. The van der Waals surface area contributed by atoms with E-state index in [4.69, 9.17) is 9.26 Å². The van der Waals surface area contributed by atoms with Gasteiger partial charge in [-0.3, -0.25) is 9.78 Å². The Labute approximate surface area is 168 Å². The van der Waals surface area contributed by atoms with Gasteiger partial charge in [0.2, 0.25) is 11.7 Å². The van der Waals surface area contributed by atoms with Crippen LogP contribution < -0.4 is 4.74 Å². The van der Waals surface area contributed by atoms with Gasteiger partial charge in [-0.15, -0.1) is 0 Å². The minimum absolute atomic E-state index is 0.0815. The smallest absolute Gasteiger partial charge is 0.256 e. The Bertz CT molecular complexity index is 968. The highest BCUT2D eigenvalue weighted by atomic mass is 16.5. The molecule has 0 spiro atoms. The number of ether oxygens (including phenoxy) is 1. The SMILES string of the molecule is COc1cccc(C(O)C(=O)N2CCC(c3nc(-c4ccccn4)no3)CC2)c1. The Morgan fingerprint density at radius 2 is 2.07 bits per heavy atom. The fourth-order valence-electron chi connectivity index (χ4n) is 3.47. The van der Waals surface area contributed by atoms with Gasteiger partial charge >= 0.3 is 0 Å². The first kappa shape index (κ1) is 19.1. The molecule has 3 heterocycles. The van der Waals surface area contributed by atoms with Crippen LogP contribution in [0.5, 0.6) is 5.75 Å². The predicted octanol–water partition coefficient (Wildman–Crippen LogP) is 2.58. The molecule has 4 rings (SSSR count). The summed E-state index contributed by atoms with van der Waals surface area (Å²) in [5.74, 6) is 1.40. The molecular formula is C21H22N4O4. The van der Waals surface area contributed by atoms with Crippen molar-refractivity contribution in [2.24, 2.45) is 0 Å². The molecule has 2 aromatic heterocycles. The molecule has 0 aliphatic carbocycles. The lowest BCUT2D eigenvalue weighted by molar-refractivity contribution is -0.141. The number of aromatic nitrogens is 3. The van der Waals surface area contributed by atoms with Crippen LogP contribution in [0.3, 0.4) is 0 Å². The van der Waals surface area contributed by atoms with Crippen molar-refractivity contribution in [3.05, 3.63) is 60.1 Å². The van der Waals surface area contributed by atoms with Crippen molar-refractivity contribution < 1.29 is 19.2 Å². The summed E-state index contributed by atoms with van der Waals surface area (Å²) in [7, 11) is 1.55. The van der Waals surface area contributed by atoms with Crippen LogP contribution >= 0.6 is 0 Å². The van der Waals surface area contributed by atoms with E-state index in [9.17, 15) is 9.90 Å². The number of hydrogen-bond donors (Lipinski definition) is 1. The largest absolute Gasteiger partial charge is 0.497 e. The zero-order valence-corrected chi connectivity index (χ0v) is 16.1. The lowest BCUT2D eigenvalue weighted by atomic mass is 9.96. The summed E-state index contributed by atoms with van der Waals surface area (Å²) in [6, 6.07) is 12.5. The minimum Gasteiger partial charge on any atom is -0.497 e. The van der Waals surface area contributed by atoms with Gasteiger partial charge < -0.3 is 19.3 Å². The van der Waals surface area contributed by atoms with Crippen molar-refractivity contribution in [3.63, 3.8) is 0 Å². The molecule has 8 heteroatoms. The van der Waals surface area contributed by atoms with E-state index < -0.39 is 6.10 Å². The molecule has 8 nitrogen and oxygen atoms in total. The third kappa shape index (κ3) is 4.12. The predicted molar refractivity (Wildman–Crippen MR) is 104 cm³/mol. The van der Waals surface area contributed by atoms with E-state index in [1.807, 2.05) is 18.2 Å². The highest BCUT2D eigenvalue weighted by Gasteiger charge is 2.31. The number of amides is 1. The Balaban J connectivity index is 1.38. The molecule has 3 aromatic rings. The fourth-order valence-corrected chi connectivity index (χ4v) is 3.47. The number of piperidine rings is 1. The van der Waals surface area contributed by atoms with Crippen molar-refractivity contribution in [3.8, 4) is 17.3 Å². The first-order valence-electron chi connectivity index (χ1n) is 9.51. The average Bonchev–Trinajstić information content (AvgIpc) is 3.29.